The lowest BCUT2D eigenvalue weighted by Crippen LogP contribution is -2.26. The molecular formula is C21H23N5O2. The minimum absolute atomic E-state index is 0.497. The first-order valence-electron chi connectivity index (χ1n) is 9.16. The number of aromatic nitrogens is 2. The number of fused-ring (bicyclic) bond motifs is 1. The summed E-state index contributed by atoms with van der Waals surface area (Å²) in [7, 11) is 3.23. The number of methoxy groups -OCH3 is 2. The predicted octanol–water partition coefficient (Wildman–Crippen LogP) is 3.90. The van der Waals surface area contributed by atoms with E-state index in [1.807, 2.05) is 24.3 Å². The number of nitrogen functional groups attached to an aromatic ring is 1. The van der Waals surface area contributed by atoms with Gasteiger partial charge in [0.1, 0.15) is 23.5 Å². The van der Waals surface area contributed by atoms with Gasteiger partial charge in [0.15, 0.2) is 11.6 Å². The van der Waals surface area contributed by atoms with Crippen LogP contribution in [0.5, 0.6) is 11.5 Å². The SMILES string of the molecule is COc1ccc(Nc2ncnc(N3CCCc4ccccc43)c2N)c(OC)c1. The van der Waals surface area contributed by atoms with E-state index < -0.39 is 0 Å². The van der Waals surface area contributed by atoms with Gasteiger partial charge < -0.3 is 25.4 Å². The molecule has 28 heavy (non-hydrogen) atoms. The molecule has 2 heterocycles. The third kappa shape index (κ3) is 3.26. The van der Waals surface area contributed by atoms with E-state index in [-0.39, 0.29) is 0 Å². The zero-order valence-electron chi connectivity index (χ0n) is 16.0. The molecule has 2 aromatic carbocycles. The largest absolute Gasteiger partial charge is 0.497 e. The maximum absolute atomic E-state index is 6.47. The van der Waals surface area contributed by atoms with Gasteiger partial charge >= 0.3 is 0 Å². The minimum Gasteiger partial charge on any atom is -0.497 e. The molecule has 0 fully saturated rings. The molecule has 0 radical (unpaired) electrons. The van der Waals surface area contributed by atoms with Gasteiger partial charge in [-0.05, 0) is 36.6 Å². The van der Waals surface area contributed by atoms with Crippen LogP contribution in [0.2, 0.25) is 0 Å². The molecule has 1 aliphatic heterocycles. The molecule has 1 aliphatic rings. The van der Waals surface area contributed by atoms with Crippen molar-refractivity contribution in [2.75, 3.05) is 36.7 Å². The molecule has 0 bridgehead atoms. The van der Waals surface area contributed by atoms with Crippen molar-refractivity contribution in [2.24, 2.45) is 0 Å². The Morgan fingerprint density at radius 3 is 2.75 bits per heavy atom. The fourth-order valence-electron chi connectivity index (χ4n) is 3.48. The van der Waals surface area contributed by atoms with Crippen molar-refractivity contribution in [2.45, 2.75) is 12.8 Å². The topological polar surface area (TPSA) is 85.5 Å². The van der Waals surface area contributed by atoms with Gasteiger partial charge in [0, 0.05) is 18.3 Å². The monoisotopic (exact) mass is 377 g/mol. The summed E-state index contributed by atoms with van der Waals surface area (Å²) in [6.45, 7) is 0.865. The fourth-order valence-corrected chi connectivity index (χ4v) is 3.48. The number of anilines is 5. The zero-order valence-corrected chi connectivity index (χ0v) is 16.0. The van der Waals surface area contributed by atoms with E-state index in [9.17, 15) is 0 Å². The van der Waals surface area contributed by atoms with E-state index in [4.69, 9.17) is 15.2 Å². The molecule has 0 unspecified atom stereocenters. The molecular weight excluding hydrogens is 354 g/mol. The highest BCUT2D eigenvalue weighted by Crippen LogP contribution is 2.38. The summed E-state index contributed by atoms with van der Waals surface area (Å²) in [6.07, 6.45) is 3.64. The maximum Gasteiger partial charge on any atom is 0.161 e. The Kier molecular flexibility index (Phi) is 4.89. The zero-order chi connectivity index (χ0) is 19.5. The highest BCUT2D eigenvalue weighted by atomic mass is 16.5. The van der Waals surface area contributed by atoms with Crippen LogP contribution < -0.4 is 25.4 Å². The van der Waals surface area contributed by atoms with E-state index in [0.717, 1.165) is 30.8 Å². The number of nitrogens with one attached hydrogen (secondary N) is 1. The molecule has 0 amide bonds. The third-order valence-corrected chi connectivity index (χ3v) is 4.89. The van der Waals surface area contributed by atoms with E-state index in [1.165, 1.54) is 11.9 Å². The quantitative estimate of drug-likeness (QED) is 0.697. The van der Waals surface area contributed by atoms with Crippen LogP contribution in [-0.2, 0) is 6.42 Å². The highest BCUT2D eigenvalue weighted by Gasteiger charge is 2.22. The van der Waals surface area contributed by atoms with Gasteiger partial charge in [-0.3, -0.25) is 0 Å². The van der Waals surface area contributed by atoms with E-state index in [1.54, 1.807) is 14.2 Å². The number of hydrogen-bond acceptors (Lipinski definition) is 7. The van der Waals surface area contributed by atoms with Crippen LogP contribution in [0, 0.1) is 0 Å². The summed E-state index contributed by atoms with van der Waals surface area (Å²) >= 11 is 0. The summed E-state index contributed by atoms with van der Waals surface area (Å²) in [5, 5.41) is 3.26. The number of aryl methyl sites for hydroxylation is 1. The average molecular weight is 377 g/mol. The molecule has 1 aromatic heterocycles. The summed E-state index contributed by atoms with van der Waals surface area (Å²) in [5.74, 6) is 2.60. The fraction of sp³-hybridized carbons (Fsp3) is 0.238. The number of hydrogen-bond donors (Lipinski definition) is 2. The Labute approximate surface area is 164 Å². The van der Waals surface area contributed by atoms with Crippen LogP contribution in [0.15, 0.2) is 48.8 Å². The van der Waals surface area contributed by atoms with Crippen LogP contribution in [0.1, 0.15) is 12.0 Å². The second-order valence-electron chi connectivity index (χ2n) is 6.53. The summed E-state index contributed by atoms with van der Waals surface area (Å²) in [5.41, 5.74) is 10.2. The van der Waals surface area contributed by atoms with Crippen LogP contribution in [-0.4, -0.2) is 30.7 Å². The average Bonchev–Trinajstić information content (AvgIpc) is 2.75. The van der Waals surface area contributed by atoms with Crippen LogP contribution in [0.4, 0.5) is 28.7 Å². The van der Waals surface area contributed by atoms with Gasteiger partial charge in [-0.2, -0.15) is 0 Å². The first kappa shape index (κ1) is 17.9. The second kappa shape index (κ2) is 7.64. The Morgan fingerprint density at radius 1 is 1.07 bits per heavy atom. The number of nitrogens with two attached hydrogens (primary N) is 1. The standard InChI is InChI=1S/C21H23N5O2/c1-27-15-9-10-16(18(12-15)28-2)25-20-19(22)21(24-13-23-20)26-11-5-7-14-6-3-4-8-17(14)26/h3-4,6,8-10,12-13H,5,7,11,22H2,1-2H3,(H,23,24,25). The maximum atomic E-state index is 6.47. The Bertz CT molecular complexity index is 992. The lowest BCUT2D eigenvalue weighted by atomic mass is 10.0. The van der Waals surface area contributed by atoms with E-state index in [0.29, 0.717) is 28.8 Å². The van der Waals surface area contributed by atoms with Gasteiger partial charge in [0.2, 0.25) is 0 Å². The van der Waals surface area contributed by atoms with Crippen molar-refractivity contribution in [3.8, 4) is 11.5 Å². The highest BCUT2D eigenvalue weighted by molar-refractivity contribution is 5.83. The van der Waals surface area contributed by atoms with E-state index >= 15 is 0 Å². The summed E-state index contributed by atoms with van der Waals surface area (Å²) < 4.78 is 10.7. The molecule has 0 saturated heterocycles. The molecule has 3 aromatic rings. The summed E-state index contributed by atoms with van der Waals surface area (Å²) in [6, 6.07) is 13.9. The van der Waals surface area contributed by atoms with Crippen molar-refractivity contribution in [1.82, 2.24) is 9.97 Å². The number of para-hydroxylation sites is 1. The van der Waals surface area contributed by atoms with Crippen molar-refractivity contribution < 1.29 is 9.47 Å². The minimum atomic E-state index is 0.497. The van der Waals surface area contributed by atoms with Crippen molar-refractivity contribution >= 4 is 28.7 Å². The van der Waals surface area contributed by atoms with Crippen LogP contribution in [0.25, 0.3) is 0 Å². The first-order valence-corrected chi connectivity index (χ1v) is 9.16. The molecule has 0 atom stereocenters. The molecule has 4 rings (SSSR count). The molecule has 0 aliphatic carbocycles. The smallest absolute Gasteiger partial charge is 0.161 e. The Hall–Kier alpha value is -3.48. The second-order valence-corrected chi connectivity index (χ2v) is 6.53. The molecule has 7 nitrogen and oxygen atoms in total. The Balaban J connectivity index is 1.69. The van der Waals surface area contributed by atoms with Crippen LogP contribution in [0.3, 0.4) is 0 Å². The normalized spacial score (nSPS) is 13.0. The number of nitrogens with zero attached hydrogens (tertiary/aromatic N) is 3. The number of rotatable bonds is 5. The molecule has 0 spiro atoms. The molecule has 3 N–H and O–H groups in total. The van der Waals surface area contributed by atoms with Gasteiger partial charge in [0.05, 0.1) is 19.9 Å². The molecule has 0 saturated carbocycles. The Morgan fingerprint density at radius 2 is 1.93 bits per heavy atom. The lowest BCUT2D eigenvalue weighted by Gasteiger charge is -2.31. The van der Waals surface area contributed by atoms with Crippen molar-refractivity contribution in [1.29, 1.82) is 0 Å². The van der Waals surface area contributed by atoms with Gasteiger partial charge in [-0.15, -0.1) is 0 Å². The van der Waals surface area contributed by atoms with Gasteiger partial charge in [0.25, 0.3) is 0 Å². The summed E-state index contributed by atoms with van der Waals surface area (Å²) in [4.78, 5) is 11.0. The first-order chi connectivity index (χ1) is 13.7. The predicted molar refractivity (Wildman–Crippen MR) is 111 cm³/mol. The van der Waals surface area contributed by atoms with E-state index in [2.05, 4.69) is 38.4 Å². The number of ether oxygens (including phenoxy) is 2. The third-order valence-electron chi connectivity index (χ3n) is 4.89. The van der Waals surface area contributed by atoms with Crippen molar-refractivity contribution in [3.63, 3.8) is 0 Å². The van der Waals surface area contributed by atoms with Crippen LogP contribution >= 0.6 is 0 Å². The lowest BCUT2D eigenvalue weighted by molar-refractivity contribution is 0.395. The van der Waals surface area contributed by atoms with Gasteiger partial charge in [-0.25, -0.2) is 9.97 Å². The molecule has 7 heteroatoms. The van der Waals surface area contributed by atoms with Crippen molar-refractivity contribution in [3.05, 3.63) is 54.4 Å². The molecule has 144 valence electrons. The van der Waals surface area contributed by atoms with Gasteiger partial charge in [-0.1, -0.05) is 18.2 Å². The number of benzene rings is 2.